The van der Waals surface area contributed by atoms with Crippen molar-refractivity contribution in [2.45, 2.75) is 19.1 Å². The smallest absolute Gasteiger partial charge is 0.339 e. The number of aromatic nitrogens is 1. The Morgan fingerprint density at radius 2 is 2.29 bits per heavy atom. The second kappa shape index (κ2) is 5.11. The van der Waals surface area contributed by atoms with Crippen molar-refractivity contribution in [2.75, 3.05) is 13.7 Å². The number of rotatable bonds is 5. The van der Waals surface area contributed by atoms with Gasteiger partial charge in [0.1, 0.15) is 5.60 Å². The molecule has 0 aliphatic heterocycles. The molecular formula is C11H15NO5. The summed E-state index contributed by atoms with van der Waals surface area (Å²) in [5.41, 5.74) is -0.896. The largest absolute Gasteiger partial charge is 0.465 e. The summed E-state index contributed by atoms with van der Waals surface area (Å²) in [5.74, 6) is -0.560. The summed E-state index contributed by atoms with van der Waals surface area (Å²) in [4.78, 5) is 22.1. The first-order valence-corrected chi connectivity index (χ1v) is 5.00. The van der Waals surface area contributed by atoms with Gasteiger partial charge in [-0.25, -0.2) is 4.79 Å². The number of carbonyl (C=O) groups excluding carboxylic acids is 2. The molecule has 0 fully saturated rings. The third kappa shape index (κ3) is 3.15. The van der Waals surface area contributed by atoms with Crippen LogP contribution in [0.3, 0.4) is 0 Å². The number of ether oxygens (including phenoxy) is 1. The van der Waals surface area contributed by atoms with Crippen LogP contribution in [-0.4, -0.2) is 46.4 Å². The summed E-state index contributed by atoms with van der Waals surface area (Å²) in [6.45, 7) is 0.991. The number of hydrogen-bond donors (Lipinski definition) is 2. The van der Waals surface area contributed by atoms with Gasteiger partial charge in [-0.05, 0) is 13.0 Å². The van der Waals surface area contributed by atoms with Crippen molar-refractivity contribution in [3.8, 4) is 0 Å². The van der Waals surface area contributed by atoms with E-state index in [4.69, 9.17) is 5.11 Å². The van der Waals surface area contributed by atoms with E-state index in [1.54, 1.807) is 0 Å². The lowest BCUT2D eigenvalue weighted by Crippen LogP contribution is -2.34. The van der Waals surface area contributed by atoms with Crippen molar-refractivity contribution >= 4 is 12.3 Å². The molecule has 0 aliphatic rings. The summed E-state index contributed by atoms with van der Waals surface area (Å²) in [5, 5.41) is 18.6. The average Bonchev–Trinajstić information content (AvgIpc) is 2.70. The predicted octanol–water partition coefficient (Wildman–Crippen LogP) is -0.170. The first-order chi connectivity index (χ1) is 7.93. The minimum atomic E-state index is -1.36. The summed E-state index contributed by atoms with van der Waals surface area (Å²) < 4.78 is 5.92. The molecule has 0 spiro atoms. The zero-order chi connectivity index (χ0) is 13.1. The molecular weight excluding hydrogens is 226 g/mol. The second-order valence-electron chi connectivity index (χ2n) is 4.05. The molecule has 0 bridgehead atoms. The van der Waals surface area contributed by atoms with E-state index in [9.17, 15) is 14.7 Å². The third-order valence-electron chi connectivity index (χ3n) is 2.32. The molecule has 1 aromatic rings. The zero-order valence-corrected chi connectivity index (χ0v) is 9.71. The molecule has 1 rings (SSSR count). The Hall–Kier alpha value is -1.66. The summed E-state index contributed by atoms with van der Waals surface area (Å²) in [7, 11) is 1.24. The minimum Gasteiger partial charge on any atom is -0.465 e. The number of aliphatic hydroxyl groups excluding tert-OH is 1. The maximum atomic E-state index is 11.3. The average molecular weight is 241 g/mol. The lowest BCUT2D eigenvalue weighted by molar-refractivity contribution is -0.0122. The molecule has 0 aromatic carbocycles. The molecule has 1 unspecified atom stereocenters. The van der Waals surface area contributed by atoms with Gasteiger partial charge < -0.3 is 19.5 Å². The van der Waals surface area contributed by atoms with E-state index in [0.29, 0.717) is 6.29 Å². The van der Waals surface area contributed by atoms with Gasteiger partial charge in [0.05, 0.1) is 31.5 Å². The van der Waals surface area contributed by atoms with E-state index in [2.05, 4.69) is 4.74 Å². The van der Waals surface area contributed by atoms with Crippen molar-refractivity contribution in [1.82, 2.24) is 4.57 Å². The van der Waals surface area contributed by atoms with E-state index < -0.39 is 18.2 Å². The minimum absolute atomic E-state index is 0.00850. The van der Waals surface area contributed by atoms with Gasteiger partial charge in [0, 0.05) is 6.20 Å². The van der Waals surface area contributed by atoms with E-state index in [-0.39, 0.29) is 17.8 Å². The highest BCUT2D eigenvalue weighted by Gasteiger charge is 2.22. The van der Waals surface area contributed by atoms with E-state index in [1.165, 1.54) is 30.9 Å². The third-order valence-corrected chi connectivity index (χ3v) is 2.32. The maximum absolute atomic E-state index is 11.3. The normalized spacial score (nSPS) is 14.1. The van der Waals surface area contributed by atoms with Gasteiger partial charge in [-0.15, -0.1) is 0 Å². The maximum Gasteiger partial charge on any atom is 0.339 e. The van der Waals surface area contributed by atoms with Gasteiger partial charge in [-0.1, -0.05) is 0 Å². The van der Waals surface area contributed by atoms with Crippen molar-refractivity contribution in [2.24, 2.45) is 0 Å². The summed E-state index contributed by atoms with van der Waals surface area (Å²) in [6, 6.07) is 1.37. The van der Waals surface area contributed by atoms with Crippen LogP contribution in [0.5, 0.6) is 0 Å². The molecule has 0 amide bonds. The highest BCUT2D eigenvalue weighted by Crippen LogP contribution is 2.13. The molecule has 94 valence electrons. The lowest BCUT2D eigenvalue weighted by Gasteiger charge is -2.21. The molecule has 0 saturated heterocycles. The standard InChI is InChI=1S/C11H15NO5/c1-11(16,7-14)6-12-4-8(10(15)17-2)3-9(12)5-13/h3-5,14,16H,6-7H2,1-2H3. The van der Waals surface area contributed by atoms with Crippen LogP contribution in [0.1, 0.15) is 27.8 Å². The van der Waals surface area contributed by atoms with Gasteiger partial charge in [0.25, 0.3) is 0 Å². The summed E-state index contributed by atoms with van der Waals surface area (Å²) >= 11 is 0. The van der Waals surface area contributed by atoms with Crippen LogP contribution >= 0.6 is 0 Å². The fraction of sp³-hybridized carbons (Fsp3) is 0.455. The molecule has 6 heteroatoms. The van der Waals surface area contributed by atoms with Crippen molar-refractivity contribution in [3.63, 3.8) is 0 Å². The fourth-order valence-electron chi connectivity index (χ4n) is 1.41. The van der Waals surface area contributed by atoms with Crippen LogP contribution < -0.4 is 0 Å². The first-order valence-electron chi connectivity index (χ1n) is 5.00. The Kier molecular flexibility index (Phi) is 4.03. The van der Waals surface area contributed by atoms with Crippen LogP contribution in [-0.2, 0) is 11.3 Å². The van der Waals surface area contributed by atoms with Crippen LogP contribution in [0.15, 0.2) is 12.3 Å². The van der Waals surface area contributed by atoms with Crippen molar-refractivity contribution in [3.05, 3.63) is 23.5 Å². The molecule has 2 N–H and O–H groups in total. The zero-order valence-electron chi connectivity index (χ0n) is 9.71. The van der Waals surface area contributed by atoms with Gasteiger partial charge in [-0.3, -0.25) is 4.79 Å². The second-order valence-corrected chi connectivity index (χ2v) is 4.05. The van der Waals surface area contributed by atoms with Crippen molar-refractivity contribution in [1.29, 1.82) is 0 Å². The van der Waals surface area contributed by atoms with Crippen LogP contribution in [0.4, 0.5) is 0 Å². The van der Waals surface area contributed by atoms with E-state index in [1.807, 2.05) is 0 Å². The van der Waals surface area contributed by atoms with Crippen LogP contribution in [0.25, 0.3) is 0 Å². The number of methoxy groups -OCH3 is 1. The Labute approximate surface area is 98.4 Å². The first kappa shape index (κ1) is 13.4. The van der Waals surface area contributed by atoms with Gasteiger partial charge >= 0.3 is 5.97 Å². The highest BCUT2D eigenvalue weighted by atomic mass is 16.5. The molecule has 1 atom stereocenters. The van der Waals surface area contributed by atoms with Crippen LogP contribution in [0, 0.1) is 0 Å². The Bertz CT molecular complexity index is 421. The summed E-state index contributed by atoms with van der Waals surface area (Å²) in [6.07, 6.45) is 1.97. The Balaban J connectivity index is 3.03. The van der Waals surface area contributed by atoms with E-state index in [0.717, 1.165) is 0 Å². The SMILES string of the molecule is COC(=O)c1cc(C=O)n(CC(C)(O)CO)c1. The molecule has 0 radical (unpaired) electrons. The van der Waals surface area contributed by atoms with Gasteiger partial charge in [0.15, 0.2) is 6.29 Å². The number of hydrogen-bond acceptors (Lipinski definition) is 5. The molecule has 6 nitrogen and oxygen atoms in total. The number of aldehydes is 1. The monoisotopic (exact) mass is 241 g/mol. The molecule has 0 saturated carbocycles. The lowest BCUT2D eigenvalue weighted by atomic mass is 10.1. The molecule has 17 heavy (non-hydrogen) atoms. The quantitative estimate of drug-likeness (QED) is 0.552. The predicted molar refractivity (Wildman–Crippen MR) is 58.9 cm³/mol. The number of esters is 1. The van der Waals surface area contributed by atoms with Gasteiger partial charge in [0.2, 0.25) is 0 Å². The van der Waals surface area contributed by atoms with Gasteiger partial charge in [-0.2, -0.15) is 0 Å². The molecule has 0 aliphatic carbocycles. The Morgan fingerprint density at radius 1 is 1.65 bits per heavy atom. The number of aliphatic hydroxyl groups is 2. The Morgan fingerprint density at radius 3 is 2.76 bits per heavy atom. The number of nitrogens with zero attached hydrogens (tertiary/aromatic N) is 1. The fourth-order valence-corrected chi connectivity index (χ4v) is 1.41. The highest BCUT2D eigenvalue weighted by molar-refractivity contribution is 5.91. The topological polar surface area (TPSA) is 88.8 Å². The molecule has 1 aromatic heterocycles. The van der Waals surface area contributed by atoms with Crippen LogP contribution in [0.2, 0.25) is 0 Å². The van der Waals surface area contributed by atoms with E-state index >= 15 is 0 Å². The number of carbonyl (C=O) groups is 2. The van der Waals surface area contributed by atoms with Crippen molar-refractivity contribution < 1.29 is 24.5 Å². The molecule has 1 heterocycles.